The van der Waals surface area contributed by atoms with Crippen molar-refractivity contribution in [2.45, 2.75) is 71.0 Å². The third kappa shape index (κ3) is 5.81. The Morgan fingerprint density at radius 1 is 1.25 bits per heavy atom. The fourth-order valence-electron chi connectivity index (χ4n) is 6.28. The molecule has 0 saturated heterocycles. The van der Waals surface area contributed by atoms with Crippen LogP contribution in [0.25, 0.3) is 0 Å². The van der Waals surface area contributed by atoms with Gasteiger partial charge in [0.25, 0.3) is 0 Å². The van der Waals surface area contributed by atoms with E-state index in [9.17, 15) is 10.2 Å². The second-order valence-electron chi connectivity index (χ2n) is 10.1. The maximum atomic E-state index is 10.1. The summed E-state index contributed by atoms with van der Waals surface area (Å²) in [6.07, 6.45) is 13.7. The molecule has 0 aromatic carbocycles. The molecule has 0 aromatic rings. The standard InChI is InChI=1S/C27H41NO4/c1-5-14-32-28-13-15-31-18-19(2)24-10-11-25-21(7-6-12-27(24,25)4)8-9-22-16-23(29)17-26(30)20(22)3/h5,8-9,13,19,23-26,29-30H,1,3,6-7,10-12,14-18H2,2,4H3/b21-8+,22-9-,28-13-/t19-,23-,24-,25+,26+,27-/m1/s1. The lowest BCUT2D eigenvalue weighted by Crippen LogP contribution is -2.37. The van der Waals surface area contributed by atoms with Gasteiger partial charge in [0.2, 0.25) is 0 Å². The summed E-state index contributed by atoms with van der Waals surface area (Å²) in [6.45, 7) is 14.1. The Morgan fingerprint density at radius 2 is 2.06 bits per heavy atom. The molecule has 5 heteroatoms. The lowest BCUT2D eigenvalue weighted by molar-refractivity contribution is 0.0457. The monoisotopic (exact) mass is 443 g/mol. The van der Waals surface area contributed by atoms with Gasteiger partial charge in [-0.05, 0) is 72.8 Å². The molecule has 32 heavy (non-hydrogen) atoms. The minimum absolute atomic E-state index is 0.301. The molecule has 0 heterocycles. The van der Waals surface area contributed by atoms with Gasteiger partial charge < -0.3 is 19.8 Å². The summed E-state index contributed by atoms with van der Waals surface area (Å²) in [4.78, 5) is 5.00. The van der Waals surface area contributed by atoms with E-state index in [1.54, 1.807) is 12.3 Å². The van der Waals surface area contributed by atoms with Gasteiger partial charge in [0.05, 0.1) is 25.0 Å². The van der Waals surface area contributed by atoms with Crippen molar-refractivity contribution < 1.29 is 19.8 Å². The molecule has 5 nitrogen and oxygen atoms in total. The number of hydrogen-bond acceptors (Lipinski definition) is 5. The number of fused-ring (bicyclic) bond motifs is 1. The van der Waals surface area contributed by atoms with Gasteiger partial charge in [-0.25, -0.2) is 0 Å². The molecule has 0 aromatic heterocycles. The quantitative estimate of drug-likeness (QED) is 0.228. The molecule has 3 aliphatic rings. The number of aliphatic hydroxyl groups excluding tert-OH is 2. The zero-order valence-corrected chi connectivity index (χ0v) is 19.8. The van der Waals surface area contributed by atoms with Crippen molar-refractivity contribution in [3.63, 3.8) is 0 Å². The van der Waals surface area contributed by atoms with E-state index in [2.05, 4.69) is 44.3 Å². The van der Waals surface area contributed by atoms with Crippen molar-refractivity contribution in [1.29, 1.82) is 0 Å². The maximum Gasteiger partial charge on any atom is 0.135 e. The van der Waals surface area contributed by atoms with E-state index in [0.717, 1.165) is 24.2 Å². The van der Waals surface area contributed by atoms with Gasteiger partial charge in [0, 0.05) is 13.0 Å². The normalized spacial score (nSPS) is 36.6. The molecule has 0 bridgehead atoms. The maximum absolute atomic E-state index is 10.1. The first-order valence-corrected chi connectivity index (χ1v) is 12.1. The van der Waals surface area contributed by atoms with Crippen LogP contribution in [0.4, 0.5) is 0 Å². The molecule has 0 amide bonds. The lowest BCUT2D eigenvalue weighted by atomic mass is 9.61. The molecule has 3 aliphatic carbocycles. The Morgan fingerprint density at radius 3 is 2.84 bits per heavy atom. The zero-order chi connectivity index (χ0) is 23.1. The molecule has 6 atom stereocenters. The summed E-state index contributed by atoms with van der Waals surface area (Å²) in [7, 11) is 0. The van der Waals surface area contributed by atoms with Crippen LogP contribution in [0.2, 0.25) is 0 Å². The lowest BCUT2D eigenvalue weighted by Gasteiger charge is -2.44. The molecule has 3 fully saturated rings. The van der Waals surface area contributed by atoms with E-state index in [-0.39, 0.29) is 0 Å². The Bertz CT molecular complexity index is 755. The summed E-state index contributed by atoms with van der Waals surface area (Å²) in [5.74, 6) is 1.74. The Labute approximate surface area is 193 Å². The molecule has 0 unspecified atom stereocenters. The number of nitrogens with zero attached hydrogens (tertiary/aromatic N) is 1. The highest BCUT2D eigenvalue weighted by molar-refractivity contribution is 5.57. The predicted molar refractivity (Wildman–Crippen MR) is 129 cm³/mol. The van der Waals surface area contributed by atoms with Crippen LogP contribution in [0.3, 0.4) is 0 Å². The molecule has 3 saturated carbocycles. The number of ether oxygens (including phenoxy) is 1. The van der Waals surface area contributed by atoms with Gasteiger partial charge in [0.1, 0.15) is 6.61 Å². The summed E-state index contributed by atoms with van der Waals surface area (Å²) >= 11 is 0. The van der Waals surface area contributed by atoms with Crippen LogP contribution in [-0.4, -0.2) is 48.5 Å². The molecule has 0 spiro atoms. The van der Waals surface area contributed by atoms with Crippen molar-refractivity contribution in [2.75, 3.05) is 19.8 Å². The highest BCUT2D eigenvalue weighted by Crippen LogP contribution is 2.59. The van der Waals surface area contributed by atoms with E-state index in [1.165, 1.54) is 31.3 Å². The summed E-state index contributed by atoms with van der Waals surface area (Å²) in [5.41, 5.74) is 3.58. The molecule has 2 N–H and O–H groups in total. The van der Waals surface area contributed by atoms with Crippen LogP contribution in [0, 0.1) is 23.2 Å². The SMILES string of the molecule is C=CCO/N=C\COC[C@@H](C)[C@H]1CC[C@H]2/C(=C/C=C3/C[C@@H](O)C[C@H](O)C3=C)CCC[C@]12C. The van der Waals surface area contributed by atoms with E-state index in [0.29, 0.717) is 49.2 Å². The molecule has 0 aliphatic heterocycles. The Balaban J connectivity index is 1.61. The number of oxime groups is 1. The van der Waals surface area contributed by atoms with E-state index in [4.69, 9.17) is 9.57 Å². The number of aliphatic hydroxyl groups is 2. The second-order valence-corrected chi connectivity index (χ2v) is 10.1. The molecule has 0 radical (unpaired) electrons. The van der Waals surface area contributed by atoms with Gasteiger partial charge in [0.15, 0.2) is 0 Å². The van der Waals surface area contributed by atoms with Crippen LogP contribution in [0.1, 0.15) is 58.8 Å². The van der Waals surface area contributed by atoms with E-state index in [1.807, 2.05) is 0 Å². The van der Waals surface area contributed by atoms with Crippen LogP contribution >= 0.6 is 0 Å². The summed E-state index contributed by atoms with van der Waals surface area (Å²) in [6, 6.07) is 0. The zero-order valence-electron chi connectivity index (χ0n) is 19.8. The highest BCUT2D eigenvalue weighted by Gasteiger charge is 2.50. The van der Waals surface area contributed by atoms with Crippen molar-refractivity contribution in [3.8, 4) is 0 Å². The van der Waals surface area contributed by atoms with Gasteiger partial charge in [-0.1, -0.05) is 56.0 Å². The topological polar surface area (TPSA) is 71.3 Å². The van der Waals surface area contributed by atoms with Crippen molar-refractivity contribution >= 4 is 6.21 Å². The van der Waals surface area contributed by atoms with Gasteiger partial charge in [-0.3, -0.25) is 0 Å². The Kier molecular flexibility index (Phi) is 8.92. The number of rotatable bonds is 9. The van der Waals surface area contributed by atoms with Crippen LogP contribution in [0.5, 0.6) is 0 Å². The first-order valence-electron chi connectivity index (χ1n) is 12.1. The third-order valence-corrected chi connectivity index (χ3v) is 7.90. The Hall–Kier alpha value is -1.69. The minimum Gasteiger partial charge on any atom is -0.393 e. The van der Waals surface area contributed by atoms with E-state index < -0.39 is 12.2 Å². The largest absolute Gasteiger partial charge is 0.393 e. The number of hydrogen-bond donors (Lipinski definition) is 2. The molecular formula is C27H41NO4. The summed E-state index contributed by atoms with van der Waals surface area (Å²) < 4.78 is 5.86. The highest BCUT2D eigenvalue weighted by atomic mass is 16.6. The van der Waals surface area contributed by atoms with Gasteiger partial charge in [-0.2, -0.15) is 0 Å². The smallest absolute Gasteiger partial charge is 0.135 e. The first kappa shape index (κ1) is 24.9. The van der Waals surface area contributed by atoms with Crippen LogP contribution in [-0.2, 0) is 9.57 Å². The van der Waals surface area contributed by atoms with Crippen molar-refractivity contribution in [3.05, 3.63) is 48.1 Å². The van der Waals surface area contributed by atoms with Crippen molar-refractivity contribution in [2.24, 2.45) is 28.3 Å². The molecule has 3 rings (SSSR count). The third-order valence-electron chi connectivity index (χ3n) is 7.90. The fourth-order valence-corrected chi connectivity index (χ4v) is 6.28. The van der Waals surface area contributed by atoms with E-state index >= 15 is 0 Å². The van der Waals surface area contributed by atoms with Crippen LogP contribution < -0.4 is 0 Å². The number of allylic oxidation sites excluding steroid dienone is 3. The molecular weight excluding hydrogens is 402 g/mol. The average Bonchev–Trinajstić information content (AvgIpc) is 3.12. The van der Waals surface area contributed by atoms with Crippen LogP contribution in [0.15, 0.2) is 53.3 Å². The minimum atomic E-state index is -0.629. The van der Waals surface area contributed by atoms with Gasteiger partial charge in [-0.15, -0.1) is 0 Å². The first-order chi connectivity index (χ1) is 15.4. The summed E-state index contributed by atoms with van der Waals surface area (Å²) in [5, 5.41) is 24.0. The molecule has 178 valence electrons. The predicted octanol–water partition coefficient (Wildman–Crippen LogP) is 4.97. The second kappa shape index (κ2) is 11.4. The van der Waals surface area contributed by atoms with Gasteiger partial charge >= 0.3 is 0 Å². The average molecular weight is 444 g/mol. The fraction of sp³-hybridized carbons (Fsp3) is 0.667. The van der Waals surface area contributed by atoms with Crippen molar-refractivity contribution in [1.82, 2.24) is 0 Å².